The van der Waals surface area contributed by atoms with Crippen LogP contribution in [0, 0.1) is 0 Å². The van der Waals surface area contributed by atoms with Gasteiger partial charge in [-0.3, -0.25) is 4.79 Å². The first-order valence-corrected chi connectivity index (χ1v) is 8.56. The van der Waals surface area contributed by atoms with Gasteiger partial charge in [-0.2, -0.15) is 0 Å². The van der Waals surface area contributed by atoms with Crippen LogP contribution in [0.25, 0.3) is 17.4 Å². The Kier molecular flexibility index (Phi) is 5.64. The molecule has 0 spiro atoms. The Morgan fingerprint density at radius 1 is 1.00 bits per heavy atom. The number of carboxylic acids is 1. The highest BCUT2D eigenvalue weighted by Crippen LogP contribution is 2.29. The second kappa shape index (κ2) is 8.12. The van der Waals surface area contributed by atoms with E-state index in [9.17, 15) is 9.59 Å². The summed E-state index contributed by atoms with van der Waals surface area (Å²) in [7, 11) is 0. The molecule has 2 N–H and O–H groups in total. The van der Waals surface area contributed by atoms with Gasteiger partial charge in [-0.05, 0) is 30.3 Å². The van der Waals surface area contributed by atoms with Crippen LogP contribution in [0.3, 0.4) is 0 Å². The molecule has 0 saturated carbocycles. The third-order valence-electron chi connectivity index (χ3n) is 3.63. The van der Waals surface area contributed by atoms with Crippen LogP contribution in [0.4, 0.5) is 5.69 Å². The summed E-state index contributed by atoms with van der Waals surface area (Å²) in [6, 6.07) is 15.6. The Morgan fingerprint density at radius 2 is 1.74 bits per heavy atom. The molecule has 7 heteroatoms. The molecule has 0 aliphatic carbocycles. The fourth-order valence-corrected chi connectivity index (χ4v) is 2.85. The van der Waals surface area contributed by atoms with Gasteiger partial charge in [0.25, 0.3) is 0 Å². The Bertz CT molecular complexity index is 1030. The van der Waals surface area contributed by atoms with E-state index in [0.29, 0.717) is 11.5 Å². The number of carbonyl (C=O) groups excluding carboxylic acids is 1. The zero-order valence-corrected chi connectivity index (χ0v) is 15.3. The standard InChI is InChI=1S/C20H13Cl2NO4/c21-15-11-16(22)17(10-14(15)20(25)26)23-19(24)9-7-13-6-8-18(27-13)12-4-2-1-3-5-12/h1-11H,(H,23,24)(H,25,26)/b9-7+. The summed E-state index contributed by atoms with van der Waals surface area (Å²) in [5.74, 6) is -0.528. The van der Waals surface area contributed by atoms with Crippen molar-refractivity contribution in [3.63, 3.8) is 0 Å². The first-order valence-electron chi connectivity index (χ1n) is 7.80. The van der Waals surface area contributed by atoms with Crippen molar-refractivity contribution in [3.8, 4) is 11.3 Å². The summed E-state index contributed by atoms with van der Waals surface area (Å²) in [6.07, 6.45) is 2.77. The van der Waals surface area contributed by atoms with Crippen molar-refractivity contribution in [2.45, 2.75) is 0 Å². The lowest BCUT2D eigenvalue weighted by atomic mass is 10.2. The number of carbonyl (C=O) groups is 2. The maximum absolute atomic E-state index is 12.1. The largest absolute Gasteiger partial charge is 0.478 e. The first kappa shape index (κ1) is 18.8. The lowest BCUT2D eigenvalue weighted by Gasteiger charge is -2.07. The molecule has 5 nitrogen and oxygen atoms in total. The van der Waals surface area contributed by atoms with Gasteiger partial charge >= 0.3 is 5.97 Å². The fourth-order valence-electron chi connectivity index (χ4n) is 2.34. The highest BCUT2D eigenvalue weighted by atomic mass is 35.5. The minimum Gasteiger partial charge on any atom is -0.478 e. The second-order valence-corrected chi connectivity index (χ2v) is 6.32. The topological polar surface area (TPSA) is 79.5 Å². The number of nitrogens with one attached hydrogen (secondary N) is 1. The maximum Gasteiger partial charge on any atom is 0.337 e. The lowest BCUT2D eigenvalue weighted by molar-refractivity contribution is -0.111. The molecule has 1 aromatic heterocycles. The van der Waals surface area contributed by atoms with Crippen LogP contribution in [0.1, 0.15) is 16.1 Å². The molecule has 1 heterocycles. The van der Waals surface area contributed by atoms with E-state index in [4.69, 9.17) is 32.7 Å². The lowest BCUT2D eigenvalue weighted by Crippen LogP contribution is -2.09. The number of halogens is 2. The van der Waals surface area contributed by atoms with E-state index in [1.807, 2.05) is 36.4 Å². The number of rotatable bonds is 5. The Hall–Kier alpha value is -3.02. The molecule has 0 aliphatic rings. The molecule has 0 aliphatic heterocycles. The second-order valence-electron chi connectivity index (χ2n) is 5.51. The smallest absolute Gasteiger partial charge is 0.337 e. The van der Waals surface area contributed by atoms with E-state index < -0.39 is 11.9 Å². The highest BCUT2D eigenvalue weighted by molar-refractivity contribution is 6.38. The van der Waals surface area contributed by atoms with E-state index in [2.05, 4.69) is 5.32 Å². The van der Waals surface area contributed by atoms with Gasteiger partial charge in [0.15, 0.2) is 0 Å². The number of aromatic carboxylic acids is 1. The summed E-state index contributed by atoms with van der Waals surface area (Å²) >= 11 is 11.8. The van der Waals surface area contributed by atoms with Crippen LogP contribution in [0.5, 0.6) is 0 Å². The number of amides is 1. The van der Waals surface area contributed by atoms with Gasteiger partial charge in [-0.25, -0.2) is 4.79 Å². The van der Waals surface area contributed by atoms with E-state index in [-0.39, 0.29) is 21.3 Å². The van der Waals surface area contributed by atoms with Crippen molar-refractivity contribution in [1.82, 2.24) is 0 Å². The van der Waals surface area contributed by atoms with Crippen LogP contribution in [0.15, 0.2) is 65.1 Å². The van der Waals surface area contributed by atoms with Crippen LogP contribution >= 0.6 is 23.2 Å². The van der Waals surface area contributed by atoms with Gasteiger partial charge in [-0.15, -0.1) is 0 Å². The molecular weight excluding hydrogens is 389 g/mol. The number of hydrogen-bond donors (Lipinski definition) is 2. The van der Waals surface area contributed by atoms with Crippen LogP contribution < -0.4 is 5.32 Å². The number of carboxylic acid groups (broad SMARTS) is 1. The number of furan rings is 1. The molecule has 0 radical (unpaired) electrons. The first-order chi connectivity index (χ1) is 12.9. The van der Waals surface area contributed by atoms with Gasteiger partial charge in [-0.1, -0.05) is 53.5 Å². The van der Waals surface area contributed by atoms with Gasteiger partial charge < -0.3 is 14.8 Å². The summed E-state index contributed by atoms with van der Waals surface area (Å²) in [4.78, 5) is 23.2. The van der Waals surface area contributed by atoms with Crippen molar-refractivity contribution in [2.75, 3.05) is 5.32 Å². The molecule has 0 atom stereocenters. The molecule has 3 aromatic rings. The third-order valence-corrected chi connectivity index (χ3v) is 4.25. The maximum atomic E-state index is 12.1. The monoisotopic (exact) mass is 401 g/mol. The quantitative estimate of drug-likeness (QED) is 0.544. The average Bonchev–Trinajstić information content (AvgIpc) is 3.12. The molecule has 1 amide bonds. The number of benzene rings is 2. The summed E-state index contributed by atoms with van der Waals surface area (Å²) in [5.41, 5.74) is 0.923. The Balaban J connectivity index is 1.72. The van der Waals surface area contributed by atoms with Gasteiger partial charge in [0.2, 0.25) is 5.91 Å². The minimum absolute atomic E-state index is 0.00920. The number of hydrogen-bond acceptors (Lipinski definition) is 3. The van der Waals surface area contributed by atoms with Crippen LogP contribution in [-0.2, 0) is 4.79 Å². The fraction of sp³-hybridized carbons (Fsp3) is 0. The van der Waals surface area contributed by atoms with E-state index in [1.54, 1.807) is 6.07 Å². The zero-order valence-electron chi connectivity index (χ0n) is 13.8. The van der Waals surface area contributed by atoms with Crippen molar-refractivity contribution < 1.29 is 19.1 Å². The summed E-state index contributed by atoms with van der Waals surface area (Å²) in [6.45, 7) is 0. The van der Waals surface area contributed by atoms with E-state index in [0.717, 1.165) is 5.56 Å². The molecule has 2 aromatic carbocycles. The Morgan fingerprint density at radius 3 is 2.44 bits per heavy atom. The van der Waals surface area contributed by atoms with Gasteiger partial charge in [0, 0.05) is 11.6 Å². The summed E-state index contributed by atoms with van der Waals surface area (Å²) in [5, 5.41) is 11.7. The normalized spacial score (nSPS) is 10.9. The minimum atomic E-state index is -1.22. The molecule has 0 bridgehead atoms. The molecule has 0 unspecified atom stereocenters. The van der Waals surface area contributed by atoms with Crippen molar-refractivity contribution in [2.24, 2.45) is 0 Å². The van der Waals surface area contributed by atoms with Crippen molar-refractivity contribution in [3.05, 3.63) is 82.0 Å². The predicted molar refractivity (Wildman–Crippen MR) is 105 cm³/mol. The zero-order chi connectivity index (χ0) is 19.4. The van der Waals surface area contributed by atoms with Crippen LogP contribution in [0.2, 0.25) is 10.0 Å². The average molecular weight is 402 g/mol. The predicted octanol–water partition coefficient (Wildman–Crippen LogP) is 5.60. The SMILES string of the molecule is O=C(/C=C/c1ccc(-c2ccccc2)o1)Nc1cc(C(=O)O)c(Cl)cc1Cl. The molecule has 0 saturated heterocycles. The van der Waals surface area contributed by atoms with Gasteiger partial charge in [0.05, 0.1) is 21.3 Å². The molecular formula is C20H13Cl2NO4. The van der Waals surface area contributed by atoms with Crippen molar-refractivity contribution >= 4 is 46.8 Å². The highest BCUT2D eigenvalue weighted by Gasteiger charge is 2.14. The molecule has 3 rings (SSSR count). The summed E-state index contributed by atoms with van der Waals surface area (Å²) < 4.78 is 5.67. The van der Waals surface area contributed by atoms with E-state index in [1.165, 1.54) is 24.3 Å². The Labute approximate surface area is 164 Å². The van der Waals surface area contributed by atoms with Gasteiger partial charge in [0.1, 0.15) is 11.5 Å². The third kappa shape index (κ3) is 4.58. The molecule has 0 fully saturated rings. The van der Waals surface area contributed by atoms with Crippen LogP contribution in [-0.4, -0.2) is 17.0 Å². The molecule has 136 valence electrons. The van der Waals surface area contributed by atoms with Crippen molar-refractivity contribution in [1.29, 1.82) is 0 Å². The van der Waals surface area contributed by atoms with E-state index >= 15 is 0 Å². The number of anilines is 1. The molecule has 27 heavy (non-hydrogen) atoms.